The van der Waals surface area contributed by atoms with Crippen LogP contribution in [0.25, 0.3) is 16.6 Å². The molecule has 1 amide bonds. The van der Waals surface area contributed by atoms with Gasteiger partial charge in [-0.1, -0.05) is 18.5 Å². The summed E-state index contributed by atoms with van der Waals surface area (Å²) in [5.41, 5.74) is -2.08. The second-order valence-corrected chi connectivity index (χ2v) is 8.51. The average Bonchev–Trinajstić information content (AvgIpc) is 2.66. The molecule has 0 aliphatic rings. The van der Waals surface area contributed by atoms with E-state index < -0.39 is 46.1 Å². The number of ether oxygens (including phenoxy) is 1. The third-order valence-corrected chi connectivity index (χ3v) is 4.77. The maximum Gasteiger partial charge on any atom is 0.408 e. The molecule has 2 aromatic carbocycles. The van der Waals surface area contributed by atoms with E-state index in [1.165, 1.54) is 6.07 Å². The molecule has 0 unspecified atom stereocenters. The van der Waals surface area contributed by atoms with Gasteiger partial charge in [-0.25, -0.2) is 22.9 Å². The summed E-state index contributed by atoms with van der Waals surface area (Å²) in [6, 6.07) is 3.77. The zero-order valence-electron chi connectivity index (χ0n) is 17.8. The van der Waals surface area contributed by atoms with E-state index in [1.54, 1.807) is 27.7 Å². The molecular weight excluding hydrogens is 447 g/mol. The number of hydrogen-bond acceptors (Lipinski definition) is 4. The first kappa shape index (κ1) is 23.6. The van der Waals surface area contributed by atoms with Gasteiger partial charge in [-0.05, 0) is 51.5 Å². The molecule has 6 nitrogen and oxygen atoms in total. The highest BCUT2D eigenvalue weighted by molar-refractivity contribution is 6.35. The van der Waals surface area contributed by atoms with Gasteiger partial charge in [-0.2, -0.15) is 0 Å². The van der Waals surface area contributed by atoms with Crippen LogP contribution in [0, 0.1) is 17.5 Å². The summed E-state index contributed by atoms with van der Waals surface area (Å²) in [5, 5.41) is 2.16. The topological polar surface area (TPSA) is 73.2 Å². The second kappa shape index (κ2) is 8.82. The number of rotatable bonds is 4. The number of nitrogens with zero attached hydrogens (tertiary/aromatic N) is 2. The third-order valence-electron chi connectivity index (χ3n) is 4.47. The molecule has 0 radical (unpaired) electrons. The first-order valence-corrected chi connectivity index (χ1v) is 10.2. The summed E-state index contributed by atoms with van der Waals surface area (Å²) in [7, 11) is 0. The molecule has 1 atom stereocenters. The van der Waals surface area contributed by atoms with Gasteiger partial charge in [-0.3, -0.25) is 9.36 Å². The van der Waals surface area contributed by atoms with E-state index in [4.69, 9.17) is 16.3 Å². The van der Waals surface area contributed by atoms with E-state index in [2.05, 4.69) is 10.3 Å². The van der Waals surface area contributed by atoms with Gasteiger partial charge in [0.15, 0.2) is 0 Å². The maximum absolute atomic E-state index is 14.5. The first-order chi connectivity index (χ1) is 14.9. The van der Waals surface area contributed by atoms with Crippen LogP contribution in [0.2, 0.25) is 5.02 Å². The van der Waals surface area contributed by atoms with Crippen molar-refractivity contribution >= 4 is 28.6 Å². The minimum atomic E-state index is -0.947. The van der Waals surface area contributed by atoms with Gasteiger partial charge in [0.05, 0.1) is 22.3 Å². The third kappa shape index (κ3) is 4.88. The molecular formula is C22H21ClF3N3O3. The molecule has 170 valence electrons. The summed E-state index contributed by atoms with van der Waals surface area (Å²) in [5.74, 6) is -2.88. The molecule has 3 aromatic rings. The van der Waals surface area contributed by atoms with Crippen molar-refractivity contribution in [1.82, 2.24) is 14.9 Å². The van der Waals surface area contributed by atoms with Crippen LogP contribution in [0.1, 0.15) is 46.0 Å². The van der Waals surface area contributed by atoms with Gasteiger partial charge in [0.1, 0.15) is 34.3 Å². The predicted molar refractivity (Wildman–Crippen MR) is 115 cm³/mol. The number of nitrogens with one attached hydrogen (secondary N) is 1. The van der Waals surface area contributed by atoms with E-state index in [0.29, 0.717) is 6.07 Å². The standard InChI is InChI=1S/C22H21ClF3N3O3/c1-5-16(27-21(31)32-22(2,3)4)19-28-18-14(23)6-7-15(26)17(18)20(30)29(19)13-9-11(24)8-12(25)10-13/h6-10,16H,5H2,1-4H3,(H,27,31)/t16-/m0/s1. The highest BCUT2D eigenvalue weighted by Gasteiger charge is 2.26. The smallest absolute Gasteiger partial charge is 0.408 e. The van der Waals surface area contributed by atoms with E-state index >= 15 is 0 Å². The first-order valence-electron chi connectivity index (χ1n) is 9.78. The Morgan fingerprint density at radius 2 is 1.81 bits per heavy atom. The monoisotopic (exact) mass is 467 g/mol. The quantitative estimate of drug-likeness (QED) is 0.555. The Bertz CT molecular complexity index is 1230. The van der Waals surface area contributed by atoms with Crippen LogP contribution in [0.5, 0.6) is 0 Å². The Hall–Kier alpha value is -3.07. The number of amides is 1. The lowest BCUT2D eigenvalue weighted by Gasteiger charge is -2.25. The maximum atomic E-state index is 14.5. The molecule has 10 heteroatoms. The number of hydrogen-bond donors (Lipinski definition) is 1. The molecule has 0 saturated carbocycles. The Morgan fingerprint density at radius 1 is 1.19 bits per heavy atom. The zero-order valence-corrected chi connectivity index (χ0v) is 18.6. The fraction of sp³-hybridized carbons (Fsp3) is 0.318. The summed E-state index contributed by atoms with van der Waals surface area (Å²) in [6.07, 6.45) is -0.567. The van der Waals surface area contributed by atoms with Gasteiger partial charge < -0.3 is 10.1 Å². The zero-order chi connectivity index (χ0) is 23.8. The predicted octanol–water partition coefficient (Wildman–Crippen LogP) is 5.43. The van der Waals surface area contributed by atoms with E-state index in [1.807, 2.05) is 0 Å². The fourth-order valence-corrected chi connectivity index (χ4v) is 3.38. The summed E-state index contributed by atoms with van der Waals surface area (Å²) in [4.78, 5) is 30.0. The molecule has 32 heavy (non-hydrogen) atoms. The molecule has 1 aromatic heterocycles. The van der Waals surface area contributed by atoms with Crippen LogP contribution >= 0.6 is 11.6 Å². The summed E-state index contributed by atoms with van der Waals surface area (Å²) < 4.78 is 48.6. The lowest BCUT2D eigenvalue weighted by molar-refractivity contribution is 0.0499. The van der Waals surface area contributed by atoms with Crippen molar-refractivity contribution in [2.24, 2.45) is 0 Å². The van der Waals surface area contributed by atoms with Gasteiger partial charge in [0, 0.05) is 6.07 Å². The molecule has 0 bridgehead atoms. The van der Waals surface area contributed by atoms with Gasteiger partial charge in [0.25, 0.3) is 5.56 Å². The number of carbonyl (C=O) groups is 1. The molecule has 3 rings (SSSR count). The van der Waals surface area contributed by atoms with Crippen LogP contribution in [0.4, 0.5) is 18.0 Å². The van der Waals surface area contributed by atoms with Crippen molar-refractivity contribution in [3.8, 4) is 5.69 Å². The Kier molecular flexibility index (Phi) is 6.50. The number of alkyl carbamates (subject to hydrolysis) is 1. The lowest BCUT2D eigenvalue weighted by Crippen LogP contribution is -2.38. The minimum Gasteiger partial charge on any atom is -0.444 e. The fourth-order valence-electron chi connectivity index (χ4n) is 3.18. The van der Waals surface area contributed by atoms with Crippen molar-refractivity contribution in [2.45, 2.75) is 45.8 Å². The molecule has 0 spiro atoms. The van der Waals surface area contributed by atoms with Crippen molar-refractivity contribution in [3.05, 3.63) is 69.0 Å². The van der Waals surface area contributed by atoms with E-state index in [-0.39, 0.29) is 28.5 Å². The molecule has 0 aliphatic carbocycles. The van der Waals surface area contributed by atoms with Crippen LogP contribution < -0.4 is 10.9 Å². The van der Waals surface area contributed by atoms with Crippen LogP contribution in [0.3, 0.4) is 0 Å². The van der Waals surface area contributed by atoms with E-state index in [9.17, 15) is 22.8 Å². The molecule has 1 heterocycles. The van der Waals surface area contributed by atoms with Crippen LogP contribution in [-0.2, 0) is 4.74 Å². The summed E-state index contributed by atoms with van der Waals surface area (Å²) in [6.45, 7) is 6.73. The van der Waals surface area contributed by atoms with Crippen molar-refractivity contribution in [3.63, 3.8) is 0 Å². The Labute approximate surface area is 187 Å². The largest absolute Gasteiger partial charge is 0.444 e. The van der Waals surface area contributed by atoms with Crippen molar-refractivity contribution in [2.75, 3.05) is 0 Å². The molecule has 0 saturated heterocycles. The lowest BCUT2D eigenvalue weighted by atomic mass is 10.1. The van der Waals surface area contributed by atoms with Crippen LogP contribution in [-0.4, -0.2) is 21.2 Å². The van der Waals surface area contributed by atoms with Crippen molar-refractivity contribution in [1.29, 1.82) is 0 Å². The Balaban J connectivity index is 2.31. The van der Waals surface area contributed by atoms with E-state index in [0.717, 1.165) is 22.8 Å². The SMILES string of the molecule is CC[C@H](NC(=O)OC(C)(C)C)c1nc2c(Cl)ccc(F)c2c(=O)n1-c1cc(F)cc(F)c1. The van der Waals surface area contributed by atoms with Gasteiger partial charge in [0.2, 0.25) is 0 Å². The van der Waals surface area contributed by atoms with Crippen molar-refractivity contribution < 1.29 is 22.7 Å². The molecule has 1 N–H and O–H groups in total. The van der Waals surface area contributed by atoms with Gasteiger partial charge >= 0.3 is 6.09 Å². The number of benzene rings is 2. The Morgan fingerprint density at radius 3 is 2.38 bits per heavy atom. The van der Waals surface area contributed by atoms with Gasteiger partial charge in [-0.15, -0.1) is 0 Å². The highest BCUT2D eigenvalue weighted by Crippen LogP contribution is 2.27. The molecule has 0 aliphatic heterocycles. The molecule has 0 fully saturated rings. The summed E-state index contributed by atoms with van der Waals surface area (Å²) >= 11 is 6.15. The normalized spacial score (nSPS) is 12.6. The highest BCUT2D eigenvalue weighted by atomic mass is 35.5. The van der Waals surface area contributed by atoms with Crippen LogP contribution in [0.15, 0.2) is 35.1 Å². The number of carbonyl (C=O) groups excluding carboxylic acids is 1. The average molecular weight is 468 g/mol. The second-order valence-electron chi connectivity index (χ2n) is 8.10. The number of fused-ring (bicyclic) bond motifs is 1. The minimum absolute atomic E-state index is 0.00411. The number of halogens is 4. The number of aromatic nitrogens is 2.